The lowest BCUT2D eigenvalue weighted by molar-refractivity contribution is 0.562. The summed E-state index contributed by atoms with van der Waals surface area (Å²) in [7, 11) is -3.52. The Bertz CT molecular complexity index is 567. The van der Waals surface area contributed by atoms with Crippen molar-refractivity contribution in [3.8, 4) is 6.07 Å². The van der Waals surface area contributed by atoms with Gasteiger partial charge in [0.15, 0.2) is 0 Å². The van der Waals surface area contributed by atoms with Crippen LogP contribution < -0.4 is 4.72 Å². The first-order chi connectivity index (χ1) is 8.34. The van der Waals surface area contributed by atoms with Crippen molar-refractivity contribution in [1.29, 1.82) is 5.26 Å². The summed E-state index contributed by atoms with van der Waals surface area (Å²) in [5.41, 5.74) is 0.470. The molecule has 98 valence electrons. The Hall–Kier alpha value is -0.800. The molecule has 1 unspecified atom stereocenters. The maximum absolute atomic E-state index is 11.8. The quantitative estimate of drug-likeness (QED) is 0.909. The van der Waals surface area contributed by atoms with Gasteiger partial charge in [0.05, 0.1) is 18.2 Å². The number of nitrogens with zero attached hydrogens (tertiary/aromatic N) is 1. The average Bonchev–Trinajstić information content (AvgIpc) is 2.21. The predicted octanol–water partition coefficient (Wildman–Crippen LogP) is 2.71. The van der Waals surface area contributed by atoms with Crippen molar-refractivity contribution in [1.82, 2.24) is 4.72 Å². The molecule has 0 heterocycles. The second-order valence-electron chi connectivity index (χ2n) is 3.88. The smallest absolute Gasteiger partial charge is 0.212 e. The number of hydrogen-bond donors (Lipinski definition) is 1. The van der Waals surface area contributed by atoms with E-state index in [0.717, 1.165) is 0 Å². The summed E-state index contributed by atoms with van der Waals surface area (Å²) in [5, 5.41) is 9.23. The van der Waals surface area contributed by atoms with Gasteiger partial charge >= 0.3 is 0 Å². The van der Waals surface area contributed by atoms with Crippen LogP contribution in [0.25, 0.3) is 0 Å². The maximum Gasteiger partial charge on any atom is 0.216 e. The molecule has 0 saturated heterocycles. The number of sulfonamides is 1. The fourth-order valence-electron chi connectivity index (χ4n) is 1.37. The van der Waals surface area contributed by atoms with Crippen LogP contribution >= 0.6 is 23.2 Å². The van der Waals surface area contributed by atoms with E-state index in [1.807, 2.05) is 6.07 Å². The first-order valence-corrected chi connectivity index (χ1v) is 7.56. The molecule has 4 nitrogen and oxygen atoms in total. The lowest BCUT2D eigenvalue weighted by atomic mass is 10.2. The third-order valence-corrected chi connectivity index (χ3v) is 4.18. The third-order valence-electron chi connectivity index (χ3n) is 2.14. The van der Waals surface area contributed by atoms with Crippen LogP contribution in [0.2, 0.25) is 10.0 Å². The van der Waals surface area contributed by atoms with E-state index in [9.17, 15) is 8.42 Å². The van der Waals surface area contributed by atoms with Gasteiger partial charge in [-0.3, -0.25) is 0 Å². The molecule has 0 radical (unpaired) electrons. The van der Waals surface area contributed by atoms with Gasteiger partial charge in [-0.2, -0.15) is 5.26 Å². The molecular weight excluding hydrogens is 295 g/mol. The van der Waals surface area contributed by atoms with Crippen LogP contribution in [0, 0.1) is 11.3 Å². The van der Waals surface area contributed by atoms with Crippen LogP contribution in [-0.2, 0) is 15.8 Å². The number of hydrogen-bond acceptors (Lipinski definition) is 3. The van der Waals surface area contributed by atoms with Gasteiger partial charge in [0.1, 0.15) is 0 Å². The van der Waals surface area contributed by atoms with Gasteiger partial charge in [0.2, 0.25) is 10.0 Å². The highest BCUT2D eigenvalue weighted by Gasteiger charge is 2.16. The van der Waals surface area contributed by atoms with E-state index in [4.69, 9.17) is 28.5 Å². The van der Waals surface area contributed by atoms with E-state index < -0.39 is 16.1 Å². The first-order valence-electron chi connectivity index (χ1n) is 5.15. The second kappa shape index (κ2) is 6.39. The summed E-state index contributed by atoms with van der Waals surface area (Å²) >= 11 is 11.6. The number of benzene rings is 1. The molecular formula is C11H12Cl2N2O2S. The highest BCUT2D eigenvalue weighted by Crippen LogP contribution is 2.22. The molecule has 0 aliphatic heterocycles. The van der Waals surface area contributed by atoms with Crippen LogP contribution in [0.3, 0.4) is 0 Å². The molecule has 7 heteroatoms. The van der Waals surface area contributed by atoms with Crippen LogP contribution in [0.4, 0.5) is 0 Å². The van der Waals surface area contributed by atoms with Crippen molar-refractivity contribution in [3.05, 3.63) is 33.8 Å². The molecule has 0 amide bonds. The Morgan fingerprint density at radius 1 is 1.44 bits per heavy atom. The van der Waals surface area contributed by atoms with Crippen molar-refractivity contribution in [2.45, 2.75) is 25.1 Å². The Morgan fingerprint density at radius 2 is 2.11 bits per heavy atom. The first kappa shape index (κ1) is 15.3. The minimum atomic E-state index is -3.52. The Morgan fingerprint density at radius 3 is 2.67 bits per heavy atom. The van der Waals surface area contributed by atoms with Gasteiger partial charge in [0, 0.05) is 16.1 Å². The van der Waals surface area contributed by atoms with E-state index in [1.54, 1.807) is 19.1 Å². The molecule has 0 fully saturated rings. The average molecular weight is 307 g/mol. The van der Waals surface area contributed by atoms with Gasteiger partial charge in [0.25, 0.3) is 0 Å². The van der Waals surface area contributed by atoms with Gasteiger partial charge in [-0.1, -0.05) is 29.3 Å². The molecule has 1 aromatic rings. The summed E-state index contributed by atoms with van der Waals surface area (Å²) in [6.07, 6.45) is 0.119. The standard InChI is InChI=1S/C11H12Cl2N2O2S/c1-8(4-5-14)15-18(16,17)7-9-2-3-10(12)6-11(9)13/h2-3,6,8,15H,4,7H2,1H3. The van der Waals surface area contributed by atoms with E-state index in [-0.39, 0.29) is 12.2 Å². The summed E-state index contributed by atoms with van der Waals surface area (Å²) in [4.78, 5) is 0. The van der Waals surface area contributed by atoms with Crippen molar-refractivity contribution in [2.75, 3.05) is 0 Å². The van der Waals surface area contributed by atoms with Crippen LogP contribution in [-0.4, -0.2) is 14.5 Å². The summed E-state index contributed by atoms with van der Waals surface area (Å²) in [6, 6.07) is 6.12. The molecule has 1 N–H and O–H groups in total. The normalized spacial score (nSPS) is 13.0. The summed E-state index contributed by atoms with van der Waals surface area (Å²) in [5.74, 6) is -0.237. The van der Waals surface area contributed by atoms with Gasteiger partial charge in [-0.25, -0.2) is 13.1 Å². The Kier molecular flexibility index (Phi) is 5.42. The van der Waals surface area contributed by atoms with Crippen molar-refractivity contribution in [3.63, 3.8) is 0 Å². The Balaban J connectivity index is 2.80. The van der Waals surface area contributed by atoms with E-state index in [2.05, 4.69) is 4.72 Å². The van der Waals surface area contributed by atoms with Gasteiger partial charge in [-0.05, 0) is 24.6 Å². The minimum Gasteiger partial charge on any atom is -0.212 e. The molecule has 0 aliphatic rings. The lowest BCUT2D eigenvalue weighted by Crippen LogP contribution is -2.33. The van der Waals surface area contributed by atoms with Crippen LogP contribution in [0.15, 0.2) is 18.2 Å². The molecule has 0 aromatic heterocycles. The monoisotopic (exact) mass is 306 g/mol. The number of rotatable bonds is 5. The fraction of sp³-hybridized carbons (Fsp3) is 0.364. The molecule has 0 spiro atoms. The molecule has 1 rings (SSSR count). The Labute approximate surface area is 117 Å². The second-order valence-corrected chi connectivity index (χ2v) is 6.47. The molecule has 0 aliphatic carbocycles. The topological polar surface area (TPSA) is 70.0 Å². The molecule has 1 aromatic carbocycles. The zero-order chi connectivity index (χ0) is 13.8. The number of nitriles is 1. The summed E-state index contributed by atoms with van der Waals surface area (Å²) in [6.45, 7) is 1.63. The SMILES string of the molecule is CC(CC#N)NS(=O)(=O)Cc1ccc(Cl)cc1Cl. The minimum absolute atomic E-state index is 0.119. The van der Waals surface area contributed by atoms with Crippen molar-refractivity contribution in [2.24, 2.45) is 0 Å². The van der Waals surface area contributed by atoms with E-state index >= 15 is 0 Å². The highest BCUT2D eigenvalue weighted by atomic mass is 35.5. The highest BCUT2D eigenvalue weighted by molar-refractivity contribution is 7.88. The predicted molar refractivity (Wildman–Crippen MR) is 71.9 cm³/mol. The number of nitrogens with one attached hydrogen (secondary N) is 1. The van der Waals surface area contributed by atoms with Gasteiger partial charge in [-0.15, -0.1) is 0 Å². The zero-order valence-electron chi connectivity index (χ0n) is 9.65. The molecule has 0 bridgehead atoms. The van der Waals surface area contributed by atoms with Crippen LogP contribution in [0.1, 0.15) is 18.9 Å². The van der Waals surface area contributed by atoms with E-state index in [0.29, 0.717) is 15.6 Å². The van der Waals surface area contributed by atoms with Gasteiger partial charge < -0.3 is 0 Å². The third kappa shape index (κ3) is 4.83. The van der Waals surface area contributed by atoms with Crippen LogP contribution in [0.5, 0.6) is 0 Å². The van der Waals surface area contributed by atoms with Crippen molar-refractivity contribution < 1.29 is 8.42 Å². The van der Waals surface area contributed by atoms with Crippen molar-refractivity contribution >= 4 is 33.2 Å². The summed E-state index contributed by atoms with van der Waals surface area (Å²) < 4.78 is 26.0. The zero-order valence-corrected chi connectivity index (χ0v) is 12.0. The largest absolute Gasteiger partial charge is 0.216 e. The molecule has 1 atom stereocenters. The molecule has 0 saturated carbocycles. The lowest BCUT2D eigenvalue weighted by Gasteiger charge is -2.11. The number of halogens is 2. The fourth-order valence-corrected chi connectivity index (χ4v) is 3.37. The maximum atomic E-state index is 11.8. The van der Waals surface area contributed by atoms with E-state index in [1.165, 1.54) is 6.07 Å². The molecule has 18 heavy (non-hydrogen) atoms.